The second-order valence-electron chi connectivity index (χ2n) is 4.24. The SMILES string of the molecule is CCNC(CC)(C(=O)OCC)c1ccc(OC)cc1. The second-order valence-corrected chi connectivity index (χ2v) is 4.24. The van der Waals surface area contributed by atoms with Crippen LogP contribution in [-0.2, 0) is 15.1 Å². The Morgan fingerprint density at radius 1 is 1.21 bits per heavy atom. The van der Waals surface area contributed by atoms with Gasteiger partial charge < -0.3 is 9.47 Å². The van der Waals surface area contributed by atoms with E-state index in [-0.39, 0.29) is 5.97 Å². The average Bonchev–Trinajstić information content (AvgIpc) is 2.45. The molecule has 106 valence electrons. The molecule has 1 atom stereocenters. The van der Waals surface area contributed by atoms with Gasteiger partial charge in [0.05, 0.1) is 13.7 Å². The molecule has 1 aromatic carbocycles. The fourth-order valence-electron chi connectivity index (χ4n) is 2.20. The number of hydrogen-bond donors (Lipinski definition) is 1. The standard InChI is InChI=1S/C15H23NO3/c1-5-15(16-6-2,14(17)19-7-3)12-8-10-13(18-4)11-9-12/h8-11,16H,5-7H2,1-4H3. The highest BCUT2D eigenvalue weighted by Gasteiger charge is 2.39. The molecule has 0 saturated carbocycles. The number of likely N-dealkylation sites (N-methyl/N-ethyl adjacent to an activating group) is 1. The van der Waals surface area contributed by atoms with Crippen molar-refractivity contribution in [2.45, 2.75) is 32.7 Å². The fraction of sp³-hybridized carbons (Fsp3) is 0.533. The zero-order valence-electron chi connectivity index (χ0n) is 12.2. The molecule has 4 heteroatoms. The van der Waals surface area contributed by atoms with Crippen LogP contribution in [0, 0.1) is 0 Å². The van der Waals surface area contributed by atoms with Gasteiger partial charge in [-0.25, -0.2) is 4.79 Å². The molecule has 0 spiro atoms. The zero-order valence-corrected chi connectivity index (χ0v) is 12.2. The Hall–Kier alpha value is -1.55. The van der Waals surface area contributed by atoms with E-state index in [1.54, 1.807) is 7.11 Å². The lowest BCUT2D eigenvalue weighted by Crippen LogP contribution is -2.49. The molecule has 4 nitrogen and oxygen atoms in total. The normalized spacial score (nSPS) is 13.7. The number of hydrogen-bond acceptors (Lipinski definition) is 4. The van der Waals surface area contributed by atoms with Crippen LogP contribution < -0.4 is 10.1 Å². The number of nitrogens with one attached hydrogen (secondary N) is 1. The Labute approximate surface area is 115 Å². The van der Waals surface area contributed by atoms with Crippen LogP contribution in [0.5, 0.6) is 5.75 Å². The number of methoxy groups -OCH3 is 1. The molecule has 0 saturated heterocycles. The van der Waals surface area contributed by atoms with Gasteiger partial charge >= 0.3 is 5.97 Å². The Kier molecular flexibility index (Phi) is 5.83. The van der Waals surface area contributed by atoms with Gasteiger partial charge in [-0.15, -0.1) is 0 Å². The van der Waals surface area contributed by atoms with E-state index in [1.165, 1.54) is 0 Å². The number of carbonyl (C=O) groups is 1. The van der Waals surface area contributed by atoms with E-state index in [0.717, 1.165) is 11.3 Å². The minimum Gasteiger partial charge on any atom is -0.497 e. The summed E-state index contributed by atoms with van der Waals surface area (Å²) in [5, 5.41) is 3.27. The van der Waals surface area contributed by atoms with Gasteiger partial charge in [0.2, 0.25) is 0 Å². The minimum atomic E-state index is -0.781. The van der Waals surface area contributed by atoms with Crippen molar-refractivity contribution in [2.24, 2.45) is 0 Å². The molecule has 0 bridgehead atoms. The molecular formula is C15H23NO3. The summed E-state index contributed by atoms with van der Waals surface area (Å²) in [4.78, 5) is 12.3. The van der Waals surface area contributed by atoms with Crippen LogP contribution in [0.25, 0.3) is 0 Å². The van der Waals surface area contributed by atoms with Crippen molar-refractivity contribution < 1.29 is 14.3 Å². The summed E-state index contributed by atoms with van der Waals surface area (Å²) in [5.74, 6) is 0.540. The molecule has 0 fully saturated rings. The Morgan fingerprint density at radius 2 is 1.84 bits per heavy atom. The molecule has 0 aliphatic heterocycles. The minimum absolute atomic E-state index is 0.232. The lowest BCUT2D eigenvalue weighted by molar-refractivity contribution is -0.152. The molecule has 1 unspecified atom stereocenters. The molecule has 0 aliphatic carbocycles. The third-order valence-corrected chi connectivity index (χ3v) is 3.22. The van der Waals surface area contributed by atoms with Crippen LogP contribution >= 0.6 is 0 Å². The zero-order chi connectivity index (χ0) is 14.3. The third kappa shape index (κ3) is 3.26. The van der Waals surface area contributed by atoms with Crippen molar-refractivity contribution in [2.75, 3.05) is 20.3 Å². The maximum Gasteiger partial charge on any atom is 0.330 e. The van der Waals surface area contributed by atoms with Crippen molar-refractivity contribution in [3.8, 4) is 5.75 Å². The molecule has 0 aromatic heterocycles. The molecule has 1 aromatic rings. The van der Waals surface area contributed by atoms with Crippen molar-refractivity contribution in [3.63, 3.8) is 0 Å². The molecule has 1 rings (SSSR count). The van der Waals surface area contributed by atoms with Crippen molar-refractivity contribution in [1.29, 1.82) is 0 Å². The molecule has 0 aliphatic rings. The van der Waals surface area contributed by atoms with Crippen molar-refractivity contribution in [1.82, 2.24) is 5.32 Å². The molecule has 0 heterocycles. The number of carbonyl (C=O) groups excluding carboxylic acids is 1. The predicted octanol–water partition coefficient (Wildman–Crippen LogP) is 2.47. The van der Waals surface area contributed by atoms with Gasteiger partial charge in [0.1, 0.15) is 11.3 Å². The molecule has 0 radical (unpaired) electrons. The number of esters is 1. The largest absolute Gasteiger partial charge is 0.497 e. The number of benzene rings is 1. The first-order chi connectivity index (χ1) is 9.14. The number of rotatable bonds is 7. The first kappa shape index (κ1) is 15.5. The van der Waals surface area contributed by atoms with E-state index in [1.807, 2.05) is 45.0 Å². The quantitative estimate of drug-likeness (QED) is 0.769. The summed E-state index contributed by atoms with van der Waals surface area (Å²) in [6, 6.07) is 7.52. The molecule has 19 heavy (non-hydrogen) atoms. The van der Waals surface area contributed by atoms with Gasteiger partial charge in [-0.05, 0) is 37.6 Å². The highest BCUT2D eigenvalue weighted by molar-refractivity contribution is 5.82. The van der Waals surface area contributed by atoms with Gasteiger partial charge in [-0.1, -0.05) is 26.0 Å². The van der Waals surface area contributed by atoms with Crippen LogP contribution in [0.4, 0.5) is 0 Å². The maximum absolute atomic E-state index is 12.3. The highest BCUT2D eigenvalue weighted by atomic mass is 16.5. The van der Waals surface area contributed by atoms with Gasteiger partial charge in [-0.3, -0.25) is 5.32 Å². The topological polar surface area (TPSA) is 47.6 Å². The van der Waals surface area contributed by atoms with E-state index in [4.69, 9.17) is 9.47 Å². The maximum atomic E-state index is 12.3. The molecule has 0 amide bonds. The summed E-state index contributed by atoms with van der Waals surface area (Å²) in [7, 11) is 1.62. The van der Waals surface area contributed by atoms with Crippen LogP contribution in [0.3, 0.4) is 0 Å². The highest BCUT2D eigenvalue weighted by Crippen LogP contribution is 2.28. The fourth-order valence-corrected chi connectivity index (χ4v) is 2.20. The Balaban J connectivity index is 3.16. The van der Waals surface area contributed by atoms with Crippen LogP contribution in [0.2, 0.25) is 0 Å². The van der Waals surface area contributed by atoms with E-state index in [9.17, 15) is 4.79 Å². The van der Waals surface area contributed by atoms with Crippen LogP contribution in [0.1, 0.15) is 32.8 Å². The lowest BCUT2D eigenvalue weighted by atomic mass is 9.87. The first-order valence-corrected chi connectivity index (χ1v) is 6.71. The summed E-state index contributed by atoms with van der Waals surface area (Å²) in [6.07, 6.45) is 0.631. The van der Waals surface area contributed by atoms with E-state index >= 15 is 0 Å². The molecule has 1 N–H and O–H groups in total. The molecular weight excluding hydrogens is 242 g/mol. The van der Waals surface area contributed by atoms with Crippen LogP contribution in [-0.4, -0.2) is 26.2 Å². The Bertz CT molecular complexity index is 402. The summed E-state index contributed by atoms with van der Waals surface area (Å²) < 4.78 is 10.4. The predicted molar refractivity (Wildman–Crippen MR) is 75.3 cm³/mol. The third-order valence-electron chi connectivity index (χ3n) is 3.22. The smallest absolute Gasteiger partial charge is 0.330 e. The van der Waals surface area contributed by atoms with E-state index in [0.29, 0.717) is 19.6 Å². The summed E-state index contributed by atoms with van der Waals surface area (Å²) in [6.45, 7) is 6.84. The van der Waals surface area contributed by atoms with Gasteiger partial charge in [0.25, 0.3) is 0 Å². The van der Waals surface area contributed by atoms with Gasteiger partial charge in [0.15, 0.2) is 0 Å². The van der Waals surface area contributed by atoms with Gasteiger partial charge in [0, 0.05) is 0 Å². The van der Waals surface area contributed by atoms with E-state index < -0.39 is 5.54 Å². The average molecular weight is 265 g/mol. The lowest BCUT2D eigenvalue weighted by Gasteiger charge is -2.31. The number of ether oxygens (including phenoxy) is 2. The summed E-state index contributed by atoms with van der Waals surface area (Å²) >= 11 is 0. The first-order valence-electron chi connectivity index (χ1n) is 6.71. The van der Waals surface area contributed by atoms with Crippen molar-refractivity contribution in [3.05, 3.63) is 29.8 Å². The second kappa shape index (κ2) is 7.14. The van der Waals surface area contributed by atoms with Gasteiger partial charge in [-0.2, -0.15) is 0 Å². The summed E-state index contributed by atoms with van der Waals surface area (Å²) in [5.41, 5.74) is 0.118. The monoisotopic (exact) mass is 265 g/mol. The van der Waals surface area contributed by atoms with Crippen molar-refractivity contribution >= 4 is 5.97 Å². The Morgan fingerprint density at radius 3 is 2.26 bits per heavy atom. The van der Waals surface area contributed by atoms with Crippen LogP contribution in [0.15, 0.2) is 24.3 Å². The van der Waals surface area contributed by atoms with E-state index in [2.05, 4.69) is 5.32 Å².